The number of carbonyl (C=O) groups is 2. The molecule has 0 unspecified atom stereocenters. The maximum Gasteiger partial charge on any atom is 0.416 e. The van der Waals surface area contributed by atoms with Crippen molar-refractivity contribution < 1.29 is 22.8 Å². The summed E-state index contributed by atoms with van der Waals surface area (Å²) in [6.07, 6.45) is -3.59. The molecule has 0 spiro atoms. The van der Waals surface area contributed by atoms with E-state index in [1.165, 1.54) is 26.0 Å². The lowest BCUT2D eigenvalue weighted by atomic mass is 10.1. The van der Waals surface area contributed by atoms with Crippen molar-refractivity contribution in [2.45, 2.75) is 20.0 Å². The zero-order valence-corrected chi connectivity index (χ0v) is 8.84. The molecule has 1 aromatic carbocycles. The first kappa shape index (κ1) is 14.3. The van der Waals surface area contributed by atoms with Crippen molar-refractivity contribution >= 4 is 12.1 Å². The van der Waals surface area contributed by atoms with Gasteiger partial charge in [-0.2, -0.15) is 13.2 Å². The van der Waals surface area contributed by atoms with Gasteiger partial charge in [0.05, 0.1) is 5.56 Å². The SMILES string of the molecule is CC(=O)c1ccc(C(F)(F)F)cc1.CC=O. The Balaban J connectivity index is 0.000000673. The standard InChI is InChI=1S/C9H7F3O.C2H4O/c1-6(13)7-2-4-8(5-3-7)9(10,11)12;1-2-3/h2-5H,1H3;2H,1H3. The van der Waals surface area contributed by atoms with Gasteiger partial charge in [-0.15, -0.1) is 0 Å². The van der Waals surface area contributed by atoms with Crippen LogP contribution in [-0.4, -0.2) is 12.1 Å². The molecule has 0 fully saturated rings. The lowest BCUT2D eigenvalue weighted by molar-refractivity contribution is -0.137. The summed E-state index contributed by atoms with van der Waals surface area (Å²) < 4.78 is 36.1. The van der Waals surface area contributed by atoms with E-state index >= 15 is 0 Å². The Bertz CT molecular complexity index is 352. The lowest BCUT2D eigenvalue weighted by Crippen LogP contribution is -2.05. The van der Waals surface area contributed by atoms with Gasteiger partial charge >= 0.3 is 6.18 Å². The van der Waals surface area contributed by atoms with Crippen LogP contribution in [0.4, 0.5) is 13.2 Å². The molecular formula is C11H11F3O2. The molecule has 0 amide bonds. The van der Waals surface area contributed by atoms with Gasteiger partial charge in [0.25, 0.3) is 0 Å². The van der Waals surface area contributed by atoms with Gasteiger partial charge in [0.15, 0.2) is 5.78 Å². The number of carbonyl (C=O) groups excluding carboxylic acids is 2. The molecule has 1 aromatic rings. The number of rotatable bonds is 1. The van der Waals surface area contributed by atoms with Gasteiger partial charge < -0.3 is 4.79 Å². The second-order valence-electron chi connectivity index (χ2n) is 2.87. The van der Waals surface area contributed by atoms with Gasteiger partial charge in [0, 0.05) is 5.56 Å². The number of halogens is 3. The molecule has 0 aromatic heterocycles. The van der Waals surface area contributed by atoms with Crippen LogP contribution in [0, 0.1) is 0 Å². The van der Waals surface area contributed by atoms with E-state index < -0.39 is 11.7 Å². The van der Waals surface area contributed by atoms with Crippen molar-refractivity contribution in [3.8, 4) is 0 Å². The molecular weight excluding hydrogens is 221 g/mol. The Morgan fingerprint density at radius 3 is 1.81 bits per heavy atom. The molecule has 16 heavy (non-hydrogen) atoms. The van der Waals surface area contributed by atoms with E-state index in [1.54, 1.807) is 0 Å². The maximum absolute atomic E-state index is 12.0. The number of alkyl halides is 3. The van der Waals surface area contributed by atoms with Crippen LogP contribution < -0.4 is 0 Å². The number of aldehydes is 1. The van der Waals surface area contributed by atoms with Gasteiger partial charge in [0.2, 0.25) is 0 Å². The molecule has 5 heteroatoms. The molecule has 0 saturated carbocycles. The monoisotopic (exact) mass is 232 g/mol. The van der Waals surface area contributed by atoms with Crippen LogP contribution in [0.2, 0.25) is 0 Å². The van der Waals surface area contributed by atoms with Crippen molar-refractivity contribution in [1.29, 1.82) is 0 Å². The number of Topliss-reactive ketones (excluding diaryl/α,β-unsaturated/α-hetero) is 1. The van der Waals surface area contributed by atoms with Crippen molar-refractivity contribution in [2.24, 2.45) is 0 Å². The van der Waals surface area contributed by atoms with E-state index in [2.05, 4.69) is 0 Å². The molecule has 1 rings (SSSR count). The zero-order chi connectivity index (χ0) is 12.8. The molecule has 0 heterocycles. The van der Waals surface area contributed by atoms with Crippen molar-refractivity contribution in [1.82, 2.24) is 0 Å². The summed E-state index contributed by atoms with van der Waals surface area (Å²) in [5, 5.41) is 0. The van der Waals surface area contributed by atoms with E-state index in [0.717, 1.165) is 18.4 Å². The van der Waals surface area contributed by atoms with E-state index in [-0.39, 0.29) is 11.3 Å². The highest BCUT2D eigenvalue weighted by Gasteiger charge is 2.29. The van der Waals surface area contributed by atoms with Crippen LogP contribution >= 0.6 is 0 Å². The average molecular weight is 232 g/mol. The normalized spacial score (nSPS) is 10.1. The fourth-order valence-electron chi connectivity index (χ4n) is 0.894. The first-order valence-corrected chi connectivity index (χ1v) is 4.41. The summed E-state index contributed by atoms with van der Waals surface area (Å²) in [6, 6.07) is 4.14. The first-order chi connectivity index (χ1) is 7.32. The fourth-order valence-corrected chi connectivity index (χ4v) is 0.894. The summed E-state index contributed by atoms with van der Waals surface area (Å²) in [5.41, 5.74) is -0.453. The third kappa shape index (κ3) is 4.72. The third-order valence-corrected chi connectivity index (χ3v) is 1.62. The Hall–Kier alpha value is -1.65. The number of hydrogen-bond donors (Lipinski definition) is 0. The van der Waals surface area contributed by atoms with E-state index in [1.807, 2.05) is 0 Å². The van der Waals surface area contributed by atoms with E-state index in [9.17, 15) is 18.0 Å². The molecule has 88 valence electrons. The smallest absolute Gasteiger partial charge is 0.304 e. The lowest BCUT2D eigenvalue weighted by Gasteiger charge is -2.05. The topological polar surface area (TPSA) is 34.1 Å². The third-order valence-electron chi connectivity index (χ3n) is 1.62. The summed E-state index contributed by atoms with van der Waals surface area (Å²) in [6.45, 7) is 2.75. The van der Waals surface area contributed by atoms with Crippen LogP contribution in [0.25, 0.3) is 0 Å². The quantitative estimate of drug-likeness (QED) is 0.550. The highest BCUT2D eigenvalue weighted by Crippen LogP contribution is 2.28. The van der Waals surface area contributed by atoms with Gasteiger partial charge in [-0.3, -0.25) is 4.79 Å². The van der Waals surface area contributed by atoms with Crippen LogP contribution in [0.3, 0.4) is 0 Å². The molecule has 0 aliphatic carbocycles. The molecule has 0 atom stereocenters. The fraction of sp³-hybridized carbons (Fsp3) is 0.273. The second-order valence-corrected chi connectivity index (χ2v) is 2.87. The maximum atomic E-state index is 12.0. The summed E-state index contributed by atoms with van der Waals surface area (Å²) in [7, 11) is 0. The molecule has 0 aliphatic rings. The van der Waals surface area contributed by atoms with Crippen molar-refractivity contribution in [2.75, 3.05) is 0 Å². The Morgan fingerprint density at radius 2 is 1.56 bits per heavy atom. The molecule has 0 bridgehead atoms. The second kappa shape index (κ2) is 6.05. The zero-order valence-electron chi connectivity index (χ0n) is 8.84. The Morgan fingerprint density at radius 1 is 1.19 bits per heavy atom. The van der Waals surface area contributed by atoms with E-state index in [0.29, 0.717) is 0 Å². The number of ketones is 1. The first-order valence-electron chi connectivity index (χ1n) is 4.41. The Kier molecular flexibility index (Phi) is 5.42. The van der Waals surface area contributed by atoms with Gasteiger partial charge in [-0.1, -0.05) is 12.1 Å². The van der Waals surface area contributed by atoms with Crippen LogP contribution in [0.5, 0.6) is 0 Å². The van der Waals surface area contributed by atoms with Crippen molar-refractivity contribution in [3.05, 3.63) is 35.4 Å². The summed E-state index contributed by atoms with van der Waals surface area (Å²) in [4.78, 5) is 19.5. The highest BCUT2D eigenvalue weighted by molar-refractivity contribution is 5.94. The molecule has 0 saturated heterocycles. The molecule has 0 aliphatic heterocycles. The predicted octanol–water partition coefficient (Wildman–Crippen LogP) is 3.11. The summed E-state index contributed by atoms with van der Waals surface area (Å²) >= 11 is 0. The van der Waals surface area contributed by atoms with Crippen molar-refractivity contribution in [3.63, 3.8) is 0 Å². The van der Waals surface area contributed by atoms with Gasteiger partial charge in [-0.05, 0) is 26.0 Å². The summed E-state index contributed by atoms with van der Waals surface area (Å²) in [5.74, 6) is -0.242. The van der Waals surface area contributed by atoms with Gasteiger partial charge in [-0.25, -0.2) is 0 Å². The minimum absolute atomic E-state index is 0.242. The van der Waals surface area contributed by atoms with Gasteiger partial charge in [0.1, 0.15) is 6.29 Å². The minimum Gasteiger partial charge on any atom is -0.304 e. The minimum atomic E-state index is -4.34. The molecule has 0 radical (unpaired) electrons. The molecule has 2 nitrogen and oxygen atoms in total. The van der Waals surface area contributed by atoms with E-state index in [4.69, 9.17) is 4.79 Å². The molecule has 0 N–H and O–H groups in total. The highest BCUT2D eigenvalue weighted by atomic mass is 19.4. The van der Waals surface area contributed by atoms with Crippen LogP contribution in [0.15, 0.2) is 24.3 Å². The number of hydrogen-bond acceptors (Lipinski definition) is 2. The predicted molar refractivity (Wildman–Crippen MR) is 53.2 cm³/mol. The number of benzene rings is 1. The largest absolute Gasteiger partial charge is 0.416 e. The van der Waals surface area contributed by atoms with Crippen LogP contribution in [0.1, 0.15) is 29.8 Å². The van der Waals surface area contributed by atoms with Crippen LogP contribution in [-0.2, 0) is 11.0 Å². The average Bonchev–Trinajstić information content (AvgIpc) is 2.18. The Labute approximate surface area is 91.1 Å².